The van der Waals surface area contributed by atoms with Crippen molar-refractivity contribution in [3.05, 3.63) is 30.3 Å². The number of carboxylic acid groups (broad SMARTS) is 1. The number of urea groups is 1. The molecule has 2 rings (SSSR count). The molecule has 1 heterocycles. The highest BCUT2D eigenvalue weighted by Gasteiger charge is 2.26. The van der Waals surface area contributed by atoms with Gasteiger partial charge in [-0.1, -0.05) is 18.2 Å². The summed E-state index contributed by atoms with van der Waals surface area (Å²) in [5.41, 5.74) is 0.711. The van der Waals surface area contributed by atoms with E-state index in [2.05, 4.69) is 0 Å². The number of hydrogen-bond donors (Lipinski definition) is 1. The molecule has 114 valence electrons. The second-order valence-corrected chi connectivity index (χ2v) is 5.04. The van der Waals surface area contributed by atoms with Crippen LogP contribution in [0.15, 0.2) is 30.3 Å². The van der Waals surface area contributed by atoms with Crippen LogP contribution in [0.4, 0.5) is 10.5 Å². The van der Waals surface area contributed by atoms with E-state index in [-0.39, 0.29) is 25.1 Å². The van der Waals surface area contributed by atoms with E-state index in [1.807, 2.05) is 37.3 Å². The molecule has 0 aromatic heterocycles. The van der Waals surface area contributed by atoms with Crippen LogP contribution in [0.5, 0.6) is 0 Å². The Morgan fingerprint density at radius 3 is 2.71 bits per heavy atom. The number of carboxylic acids is 1. The van der Waals surface area contributed by atoms with Crippen LogP contribution in [0, 0.1) is 0 Å². The van der Waals surface area contributed by atoms with E-state index in [0.29, 0.717) is 25.4 Å². The number of para-hydroxylation sites is 1. The van der Waals surface area contributed by atoms with Gasteiger partial charge in [-0.3, -0.25) is 9.69 Å². The molecule has 1 unspecified atom stereocenters. The van der Waals surface area contributed by atoms with Gasteiger partial charge < -0.3 is 14.7 Å². The van der Waals surface area contributed by atoms with Gasteiger partial charge >= 0.3 is 12.0 Å². The SMILES string of the molecule is CC1CN(C(=O)N(CCC(=O)O)c2ccccc2)CCO1. The number of aliphatic carboxylic acids is 1. The fourth-order valence-electron chi connectivity index (χ4n) is 2.31. The van der Waals surface area contributed by atoms with Crippen molar-refractivity contribution in [3.63, 3.8) is 0 Å². The minimum absolute atomic E-state index is 0.000188. The summed E-state index contributed by atoms with van der Waals surface area (Å²) in [6.45, 7) is 3.64. The first-order valence-electron chi connectivity index (χ1n) is 7.03. The molecule has 1 aliphatic heterocycles. The van der Waals surface area contributed by atoms with Crippen LogP contribution in [0.3, 0.4) is 0 Å². The number of hydrogen-bond acceptors (Lipinski definition) is 3. The van der Waals surface area contributed by atoms with E-state index < -0.39 is 5.97 Å². The summed E-state index contributed by atoms with van der Waals surface area (Å²) >= 11 is 0. The number of carbonyl (C=O) groups is 2. The first kappa shape index (κ1) is 15.3. The van der Waals surface area contributed by atoms with Crippen LogP contribution in [-0.4, -0.2) is 54.4 Å². The second-order valence-electron chi connectivity index (χ2n) is 5.04. The topological polar surface area (TPSA) is 70.1 Å². The number of rotatable bonds is 4. The van der Waals surface area contributed by atoms with Crippen molar-refractivity contribution in [2.24, 2.45) is 0 Å². The Morgan fingerprint density at radius 2 is 2.10 bits per heavy atom. The predicted octanol–water partition coefficient (Wildman–Crippen LogP) is 1.81. The Labute approximate surface area is 123 Å². The smallest absolute Gasteiger partial charge is 0.324 e. The number of amides is 2. The van der Waals surface area contributed by atoms with Gasteiger partial charge in [0, 0.05) is 25.3 Å². The van der Waals surface area contributed by atoms with Crippen LogP contribution >= 0.6 is 0 Å². The zero-order valence-electron chi connectivity index (χ0n) is 12.1. The molecule has 0 radical (unpaired) electrons. The summed E-state index contributed by atoms with van der Waals surface area (Å²) in [7, 11) is 0. The van der Waals surface area contributed by atoms with Gasteiger partial charge in [0.2, 0.25) is 0 Å². The zero-order valence-corrected chi connectivity index (χ0v) is 12.1. The molecular weight excluding hydrogens is 272 g/mol. The Bertz CT molecular complexity index is 492. The standard InChI is InChI=1S/C15H20N2O4/c1-12-11-16(9-10-21-12)15(20)17(8-7-14(18)19)13-5-3-2-4-6-13/h2-6,12H,7-11H2,1H3,(H,18,19). The Balaban J connectivity index is 2.14. The van der Waals surface area contributed by atoms with Gasteiger partial charge in [-0.15, -0.1) is 0 Å². The van der Waals surface area contributed by atoms with E-state index in [1.54, 1.807) is 4.90 Å². The molecule has 1 saturated heterocycles. The predicted molar refractivity (Wildman–Crippen MR) is 78.4 cm³/mol. The average molecular weight is 292 g/mol. The highest BCUT2D eigenvalue weighted by Crippen LogP contribution is 2.17. The van der Waals surface area contributed by atoms with Gasteiger partial charge in [-0.2, -0.15) is 0 Å². The molecule has 1 aliphatic rings. The Hall–Kier alpha value is -2.08. The molecule has 1 aromatic rings. The van der Waals surface area contributed by atoms with Gasteiger partial charge in [-0.25, -0.2) is 4.79 Å². The summed E-state index contributed by atoms with van der Waals surface area (Å²) in [6.07, 6.45) is -0.0830. The quantitative estimate of drug-likeness (QED) is 0.918. The lowest BCUT2D eigenvalue weighted by Crippen LogP contribution is -2.51. The summed E-state index contributed by atoms with van der Waals surface area (Å²) in [4.78, 5) is 26.7. The van der Waals surface area contributed by atoms with Gasteiger partial charge in [0.05, 0.1) is 19.1 Å². The second kappa shape index (κ2) is 7.08. The number of anilines is 1. The van der Waals surface area contributed by atoms with Crippen molar-refractivity contribution in [2.75, 3.05) is 31.1 Å². The third-order valence-electron chi connectivity index (χ3n) is 3.36. The highest BCUT2D eigenvalue weighted by molar-refractivity contribution is 5.92. The fourth-order valence-corrected chi connectivity index (χ4v) is 2.31. The molecule has 1 aromatic carbocycles. The highest BCUT2D eigenvalue weighted by atomic mass is 16.5. The Kier molecular flexibility index (Phi) is 5.16. The molecule has 1 N–H and O–H groups in total. The minimum atomic E-state index is -0.918. The monoisotopic (exact) mass is 292 g/mol. The minimum Gasteiger partial charge on any atom is -0.481 e. The molecular formula is C15H20N2O4. The lowest BCUT2D eigenvalue weighted by Gasteiger charge is -2.35. The van der Waals surface area contributed by atoms with Crippen molar-refractivity contribution < 1.29 is 19.4 Å². The molecule has 21 heavy (non-hydrogen) atoms. The molecule has 6 nitrogen and oxygen atoms in total. The lowest BCUT2D eigenvalue weighted by atomic mass is 10.2. The number of morpholine rings is 1. The van der Waals surface area contributed by atoms with Crippen LogP contribution in [-0.2, 0) is 9.53 Å². The van der Waals surface area contributed by atoms with Gasteiger partial charge in [0.1, 0.15) is 0 Å². The van der Waals surface area contributed by atoms with Crippen molar-refractivity contribution in [2.45, 2.75) is 19.4 Å². The normalized spacial score (nSPS) is 18.3. The number of carbonyl (C=O) groups excluding carboxylic acids is 1. The van der Waals surface area contributed by atoms with Crippen LogP contribution in [0.1, 0.15) is 13.3 Å². The maximum absolute atomic E-state index is 12.7. The fraction of sp³-hybridized carbons (Fsp3) is 0.467. The van der Waals surface area contributed by atoms with Gasteiger partial charge in [0.15, 0.2) is 0 Å². The van der Waals surface area contributed by atoms with Crippen LogP contribution in [0.25, 0.3) is 0 Å². The molecule has 0 spiro atoms. The van der Waals surface area contributed by atoms with E-state index in [9.17, 15) is 9.59 Å². The number of ether oxygens (including phenoxy) is 1. The average Bonchev–Trinajstić information content (AvgIpc) is 2.48. The Morgan fingerprint density at radius 1 is 1.38 bits per heavy atom. The van der Waals surface area contributed by atoms with Gasteiger partial charge in [0.25, 0.3) is 0 Å². The van der Waals surface area contributed by atoms with Gasteiger partial charge in [-0.05, 0) is 19.1 Å². The molecule has 0 saturated carbocycles. The zero-order chi connectivity index (χ0) is 15.2. The first-order valence-corrected chi connectivity index (χ1v) is 7.03. The third-order valence-corrected chi connectivity index (χ3v) is 3.36. The van der Waals surface area contributed by atoms with Crippen molar-refractivity contribution >= 4 is 17.7 Å². The third kappa shape index (κ3) is 4.19. The number of nitrogens with zero attached hydrogens (tertiary/aromatic N) is 2. The molecule has 1 atom stereocenters. The summed E-state index contributed by atoms with van der Waals surface area (Å²) in [5, 5.41) is 8.87. The molecule has 2 amide bonds. The largest absolute Gasteiger partial charge is 0.481 e. The maximum atomic E-state index is 12.7. The molecule has 0 aliphatic carbocycles. The number of benzene rings is 1. The van der Waals surface area contributed by atoms with E-state index in [0.717, 1.165) is 0 Å². The lowest BCUT2D eigenvalue weighted by molar-refractivity contribution is -0.136. The summed E-state index contributed by atoms with van der Waals surface area (Å²) in [6, 6.07) is 8.97. The van der Waals surface area contributed by atoms with Crippen molar-refractivity contribution in [1.29, 1.82) is 0 Å². The summed E-state index contributed by atoms with van der Waals surface area (Å²) in [5.74, 6) is -0.918. The van der Waals surface area contributed by atoms with Crippen molar-refractivity contribution in [3.8, 4) is 0 Å². The van der Waals surface area contributed by atoms with Crippen LogP contribution < -0.4 is 4.90 Å². The summed E-state index contributed by atoms with van der Waals surface area (Å²) < 4.78 is 5.44. The van der Waals surface area contributed by atoms with Crippen LogP contribution in [0.2, 0.25) is 0 Å². The van der Waals surface area contributed by atoms with E-state index >= 15 is 0 Å². The molecule has 1 fully saturated rings. The van der Waals surface area contributed by atoms with Crippen molar-refractivity contribution in [1.82, 2.24) is 4.90 Å². The van der Waals surface area contributed by atoms with E-state index in [4.69, 9.17) is 9.84 Å². The van der Waals surface area contributed by atoms with E-state index in [1.165, 1.54) is 4.90 Å². The molecule has 6 heteroatoms. The molecule has 0 bridgehead atoms. The maximum Gasteiger partial charge on any atom is 0.324 e. The first-order chi connectivity index (χ1) is 10.1.